The van der Waals surface area contributed by atoms with Crippen LogP contribution in [0.15, 0.2) is 36.8 Å². The zero-order valence-corrected chi connectivity index (χ0v) is 18.1. The van der Waals surface area contributed by atoms with E-state index in [1.807, 2.05) is 45.2 Å². The first kappa shape index (κ1) is 20.4. The Labute approximate surface area is 180 Å². The van der Waals surface area contributed by atoms with Crippen LogP contribution in [0.2, 0.25) is 5.02 Å². The molecule has 8 nitrogen and oxygen atoms in total. The third kappa shape index (κ3) is 4.48. The second kappa shape index (κ2) is 8.10. The van der Waals surface area contributed by atoms with Crippen LogP contribution >= 0.6 is 11.6 Å². The van der Waals surface area contributed by atoms with Gasteiger partial charge in [0.25, 0.3) is 0 Å². The van der Waals surface area contributed by atoms with E-state index < -0.39 is 5.60 Å². The summed E-state index contributed by atoms with van der Waals surface area (Å²) in [5.41, 5.74) is 1.23. The quantitative estimate of drug-likeness (QED) is 0.671. The molecule has 3 aromatic heterocycles. The normalized spacial score (nSPS) is 17.2. The van der Waals surface area contributed by atoms with Gasteiger partial charge in [-0.15, -0.1) is 0 Å². The Hall–Kier alpha value is -2.87. The Morgan fingerprint density at radius 1 is 1.30 bits per heavy atom. The largest absolute Gasteiger partial charge is 0.444 e. The molecule has 1 aliphatic rings. The van der Waals surface area contributed by atoms with Gasteiger partial charge in [0.1, 0.15) is 16.4 Å². The molecule has 30 heavy (non-hydrogen) atoms. The molecule has 0 aliphatic carbocycles. The van der Waals surface area contributed by atoms with Crippen LogP contribution in [0.4, 0.5) is 10.6 Å². The second-order valence-corrected chi connectivity index (χ2v) is 8.80. The summed E-state index contributed by atoms with van der Waals surface area (Å²) in [7, 11) is 0. The summed E-state index contributed by atoms with van der Waals surface area (Å²) in [6.45, 7) is 6.81. The number of anilines is 1. The van der Waals surface area contributed by atoms with Gasteiger partial charge in [0.05, 0.1) is 23.5 Å². The number of hydrogen-bond donors (Lipinski definition) is 1. The van der Waals surface area contributed by atoms with E-state index in [1.165, 1.54) is 0 Å². The fraction of sp³-hybridized carbons (Fsp3) is 0.429. The van der Waals surface area contributed by atoms with Crippen LogP contribution in [0.5, 0.6) is 0 Å². The minimum atomic E-state index is -0.517. The summed E-state index contributed by atoms with van der Waals surface area (Å²) in [4.78, 5) is 23.2. The number of nitrogens with one attached hydrogen (secondary N) is 1. The van der Waals surface area contributed by atoms with Crippen LogP contribution in [0.25, 0.3) is 16.9 Å². The maximum atomic E-state index is 12.4. The van der Waals surface area contributed by atoms with E-state index >= 15 is 0 Å². The molecule has 0 spiro atoms. The molecule has 0 bridgehead atoms. The average molecular weight is 429 g/mol. The van der Waals surface area contributed by atoms with Gasteiger partial charge in [0.2, 0.25) is 0 Å². The molecule has 0 aromatic carbocycles. The standard InChI is InChI=1S/C21H25ClN6O2/c1-21(2,3)30-20(29)27-9-6-7-14(13-27)25-19-16(22)12-23-18(26-19)15-11-24-28-10-5-4-8-17(15)28/h4-5,8,10-12,14H,6-7,9,13H2,1-3H3,(H,23,25,26)/t14-/m1/s1. The van der Waals surface area contributed by atoms with Crippen LogP contribution in [-0.2, 0) is 4.74 Å². The van der Waals surface area contributed by atoms with E-state index in [9.17, 15) is 4.79 Å². The number of carbonyl (C=O) groups is 1. The van der Waals surface area contributed by atoms with Crippen LogP contribution in [0.1, 0.15) is 33.6 Å². The minimum Gasteiger partial charge on any atom is -0.444 e. The lowest BCUT2D eigenvalue weighted by molar-refractivity contribution is 0.0206. The molecule has 4 heterocycles. The van der Waals surface area contributed by atoms with Crippen molar-refractivity contribution >= 4 is 29.0 Å². The number of rotatable bonds is 3. The van der Waals surface area contributed by atoms with Gasteiger partial charge in [-0.25, -0.2) is 19.3 Å². The molecule has 1 atom stereocenters. The molecular formula is C21H25ClN6O2. The van der Waals surface area contributed by atoms with Crippen molar-refractivity contribution in [1.29, 1.82) is 0 Å². The highest BCUT2D eigenvalue weighted by atomic mass is 35.5. The van der Waals surface area contributed by atoms with Crippen molar-refractivity contribution in [3.8, 4) is 11.4 Å². The van der Waals surface area contributed by atoms with E-state index in [2.05, 4.69) is 20.4 Å². The van der Waals surface area contributed by atoms with Crippen molar-refractivity contribution in [2.45, 2.75) is 45.3 Å². The Balaban J connectivity index is 1.52. The molecule has 1 saturated heterocycles. The number of piperidine rings is 1. The van der Waals surface area contributed by atoms with Crippen LogP contribution in [0.3, 0.4) is 0 Å². The number of carbonyl (C=O) groups excluding carboxylic acids is 1. The monoisotopic (exact) mass is 428 g/mol. The molecule has 9 heteroatoms. The predicted octanol–water partition coefficient (Wildman–Crippen LogP) is 4.26. The van der Waals surface area contributed by atoms with Crippen molar-refractivity contribution in [3.63, 3.8) is 0 Å². The number of aromatic nitrogens is 4. The van der Waals surface area contributed by atoms with Crippen molar-refractivity contribution in [2.24, 2.45) is 0 Å². The Morgan fingerprint density at radius 3 is 2.93 bits per heavy atom. The molecule has 1 amide bonds. The number of likely N-dealkylation sites (tertiary alicyclic amines) is 1. The number of nitrogens with zero attached hydrogens (tertiary/aromatic N) is 5. The van der Waals surface area contributed by atoms with E-state index in [0.717, 1.165) is 23.9 Å². The highest BCUT2D eigenvalue weighted by Gasteiger charge is 2.28. The lowest BCUT2D eigenvalue weighted by atomic mass is 10.1. The van der Waals surface area contributed by atoms with Gasteiger partial charge >= 0.3 is 6.09 Å². The summed E-state index contributed by atoms with van der Waals surface area (Å²) in [5.74, 6) is 1.09. The summed E-state index contributed by atoms with van der Waals surface area (Å²) >= 11 is 6.37. The Kier molecular flexibility index (Phi) is 5.51. The highest BCUT2D eigenvalue weighted by Crippen LogP contribution is 2.27. The fourth-order valence-corrected chi connectivity index (χ4v) is 3.63. The first-order valence-electron chi connectivity index (χ1n) is 10.00. The van der Waals surface area contributed by atoms with Gasteiger partial charge in [-0.1, -0.05) is 17.7 Å². The lowest BCUT2D eigenvalue weighted by Gasteiger charge is -2.34. The van der Waals surface area contributed by atoms with Crippen LogP contribution in [0, 0.1) is 0 Å². The van der Waals surface area contributed by atoms with Gasteiger partial charge in [0, 0.05) is 25.3 Å². The summed E-state index contributed by atoms with van der Waals surface area (Å²) < 4.78 is 7.28. The van der Waals surface area contributed by atoms with Crippen LogP contribution < -0.4 is 5.32 Å². The maximum absolute atomic E-state index is 12.4. The van der Waals surface area contributed by atoms with Gasteiger partial charge in [0.15, 0.2) is 5.82 Å². The molecule has 1 fully saturated rings. The molecular weight excluding hydrogens is 404 g/mol. The molecule has 0 unspecified atom stereocenters. The Morgan fingerprint density at radius 2 is 2.13 bits per heavy atom. The highest BCUT2D eigenvalue weighted by molar-refractivity contribution is 6.32. The number of pyridine rings is 1. The predicted molar refractivity (Wildman–Crippen MR) is 116 cm³/mol. The van der Waals surface area contributed by atoms with Gasteiger partial charge < -0.3 is 15.0 Å². The first-order chi connectivity index (χ1) is 14.3. The molecule has 1 aliphatic heterocycles. The molecule has 0 saturated carbocycles. The maximum Gasteiger partial charge on any atom is 0.410 e. The molecule has 0 radical (unpaired) electrons. The van der Waals surface area contributed by atoms with Crippen molar-refractivity contribution in [1.82, 2.24) is 24.5 Å². The second-order valence-electron chi connectivity index (χ2n) is 8.39. The number of halogens is 1. The van der Waals surface area contributed by atoms with Crippen molar-refractivity contribution in [2.75, 3.05) is 18.4 Å². The SMILES string of the molecule is CC(C)(C)OC(=O)N1CCC[C@@H](Nc2nc(-c3cnn4ccccc34)ncc2Cl)C1. The number of fused-ring (bicyclic) bond motifs is 1. The van der Waals surface area contributed by atoms with Crippen molar-refractivity contribution in [3.05, 3.63) is 41.8 Å². The molecule has 4 rings (SSSR count). The average Bonchev–Trinajstić information content (AvgIpc) is 3.13. The fourth-order valence-electron chi connectivity index (χ4n) is 3.49. The van der Waals surface area contributed by atoms with E-state index in [-0.39, 0.29) is 12.1 Å². The summed E-state index contributed by atoms with van der Waals surface area (Å²) in [5, 5.41) is 8.17. The molecule has 3 aromatic rings. The lowest BCUT2D eigenvalue weighted by Crippen LogP contribution is -2.47. The summed E-state index contributed by atoms with van der Waals surface area (Å²) in [6, 6.07) is 5.85. The topological polar surface area (TPSA) is 84.6 Å². The number of amides is 1. The minimum absolute atomic E-state index is 0.0235. The zero-order chi connectivity index (χ0) is 21.3. The third-order valence-electron chi connectivity index (χ3n) is 4.83. The smallest absolute Gasteiger partial charge is 0.410 e. The number of ether oxygens (including phenoxy) is 1. The first-order valence-corrected chi connectivity index (χ1v) is 10.4. The van der Waals surface area contributed by atoms with Gasteiger partial charge in [-0.2, -0.15) is 5.10 Å². The number of hydrogen-bond acceptors (Lipinski definition) is 6. The Bertz CT molecular complexity index is 1060. The van der Waals surface area contributed by atoms with Gasteiger partial charge in [-0.05, 0) is 45.7 Å². The van der Waals surface area contributed by atoms with Crippen molar-refractivity contribution < 1.29 is 9.53 Å². The zero-order valence-electron chi connectivity index (χ0n) is 17.3. The van der Waals surface area contributed by atoms with Crippen LogP contribution in [-0.4, -0.2) is 55.3 Å². The van der Waals surface area contributed by atoms with E-state index in [4.69, 9.17) is 16.3 Å². The summed E-state index contributed by atoms with van der Waals surface area (Å²) in [6.07, 6.45) is 6.70. The third-order valence-corrected chi connectivity index (χ3v) is 5.10. The molecule has 158 valence electrons. The van der Waals surface area contributed by atoms with E-state index in [0.29, 0.717) is 29.8 Å². The van der Waals surface area contributed by atoms with E-state index in [1.54, 1.807) is 21.8 Å². The molecule has 1 N–H and O–H groups in total. The van der Waals surface area contributed by atoms with Gasteiger partial charge in [-0.3, -0.25) is 0 Å².